The first-order valence-electron chi connectivity index (χ1n) is 4.02. The van der Waals surface area contributed by atoms with E-state index in [4.69, 9.17) is 5.11 Å². The van der Waals surface area contributed by atoms with Gasteiger partial charge in [-0.2, -0.15) is 0 Å². The van der Waals surface area contributed by atoms with Crippen LogP contribution in [0.2, 0.25) is 0 Å². The molecule has 0 spiro atoms. The summed E-state index contributed by atoms with van der Waals surface area (Å²) in [4.78, 5) is 0. The van der Waals surface area contributed by atoms with E-state index < -0.39 is 0 Å². The number of aliphatic hydroxyl groups is 1. The van der Waals surface area contributed by atoms with E-state index in [1.54, 1.807) is 0 Å². The molecule has 0 atom stereocenters. The fourth-order valence-electron chi connectivity index (χ4n) is 1.34. The second kappa shape index (κ2) is 4.35. The molecule has 1 aliphatic rings. The van der Waals surface area contributed by atoms with Crippen molar-refractivity contribution < 1.29 is 5.11 Å². The summed E-state index contributed by atoms with van der Waals surface area (Å²) in [5, 5.41) is 8.44. The molecule has 0 unspecified atom stereocenters. The van der Waals surface area contributed by atoms with E-state index in [0.29, 0.717) is 12.3 Å². The Kier molecular flexibility index (Phi) is 3.32. The molecule has 1 fully saturated rings. The molecular formula is C9H14O. The topological polar surface area (TPSA) is 20.2 Å². The van der Waals surface area contributed by atoms with Crippen LogP contribution >= 0.6 is 0 Å². The molecule has 1 saturated carbocycles. The van der Waals surface area contributed by atoms with E-state index in [0.717, 1.165) is 0 Å². The lowest BCUT2D eigenvalue weighted by atomic mass is 10.1. The molecule has 0 aliphatic heterocycles. The lowest BCUT2D eigenvalue weighted by molar-refractivity contribution is 0.305. The van der Waals surface area contributed by atoms with Crippen molar-refractivity contribution in [1.29, 1.82) is 0 Å². The van der Waals surface area contributed by atoms with Gasteiger partial charge in [-0.05, 0) is 12.8 Å². The first-order valence-corrected chi connectivity index (χ1v) is 4.02. The summed E-state index contributed by atoms with van der Waals surface area (Å²) >= 11 is 0. The van der Waals surface area contributed by atoms with E-state index in [1.807, 2.05) is 0 Å². The van der Waals surface area contributed by atoms with Gasteiger partial charge in [-0.25, -0.2) is 0 Å². The predicted molar refractivity (Wildman–Crippen MR) is 41.4 cm³/mol. The highest BCUT2D eigenvalue weighted by atomic mass is 16.2. The van der Waals surface area contributed by atoms with Gasteiger partial charge in [0.1, 0.15) is 0 Å². The minimum absolute atomic E-state index is 0.208. The molecule has 0 amide bonds. The van der Waals surface area contributed by atoms with Crippen molar-refractivity contribution in [1.82, 2.24) is 0 Å². The maximum absolute atomic E-state index is 8.44. The normalized spacial score (nSPS) is 18.5. The molecule has 1 nitrogen and oxygen atoms in total. The third kappa shape index (κ3) is 2.41. The molecule has 1 heteroatoms. The molecule has 1 aliphatic carbocycles. The van der Waals surface area contributed by atoms with Crippen molar-refractivity contribution in [2.24, 2.45) is 5.92 Å². The van der Waals surface area contributed by atoms with Gasteiger partial charge in [-0.1, -0.05) is 18.8 Å². The first-order chi connectivity index (χ1) is 4.93. The SMILES string of the molecule is OCCC#CC1CCCC1. The van der Waals surface area contributed by atoms with Crippen LogP contribution < -0.4 is 0 Å². The average Bonchev–Trinajstić information content (AvgIpc) is 2.41. The molecule has 0 radical (unpaired) electrons. The van der Waals surface area contributed by atoms with Crippen molar-refractivity contribution in [3.8, 4) is 11.8 Å². The van der Waals surface area contributed by atoms with Crippen LogP contribution in [0, 0.1) is 17.8 Å². The maximum Gasteiger partial charge on any atom is 0.0540 e. The van der Waals surface area contributed by atoms with Gasteiger partial charge in [0, 0.05) is 12.3 Å². The first kappa shape index (κ1) is 7.63. The second-order valence-electron chi connectivity index (χ2n) is 2.78. The largest absolute Gasteiger partial charge is 0.395 e. The quantitative estimate of drug-likeness (QED) is 0.545. The smallest absolute Gasteiger partial charge is 0.0540 e. The van der Waals surface area contributed by atoms with Crippen LogP contribution in [0.5, 0.6) is 0 Å². The van der Waals surface area contributed by atoms with Crippen molar-refractivity contribution in [3.05, 3.63) is 0 Å². The summed E-state index contributed by atoms with van der Waals surface area (Å²) in [5.41, 5.74) is 0. The number of hydrogen-bond donors (Lipinski definition) is 1. The fourth-order valence-corrected chi connectivity index (χ4v) is 1.34. The van der Waals surface area contributed by atoms with E-state index >= 15 is 0 Å². The molecule has 1 rings (SSSR count). The predicted octanol–water partition coefficient (Wildman–Crippen LogP) is 1.56. The van der Waals surface area contributed by atoms with Gasteiger partial charge in [0.2, 0.25) is 0 Å². The van der Waals surface area contributed by atoms with Crippen LogP contribution in [0.1, 0.15) is 32.1 Å². The third-order valence-corrected chi connectivity index (χ3v) is 1.90. The molecule has 0 aromatic carbocycles. The number of aliphatic hydroxyl groups excluding tert-OH is 1. The van der Waals surface area contributed by atoms with Crippen LogP contribution in [0.15, 0.2) is 0 Å². The van der Waals surface area contributed by atoms with Crippen LogP contribution in [-0.4, -0.2) is 11.7 Å². The summed E-state index contributed by atoms with van der Waals surface area (Å²) in [6.45, 7) is 0.208. The molecule has 10 heavy (non-hydrogen) atoms. The van der Waals surface area contributed by atoms with E-state index in [-0.39, 0.29) is 6.61 Å². The van der Waals surface area contributed by atoms with Crippen LogP contribution in [-0.2, 0) is 0 Å². The molecule has 0 bridgehead atoms. The molecule has 0 saturated heterocycles. The van der Waals surface area contributed by atoms with Gasteiger partial charge in [-0.3, -0.25) is 0 Å². The Bertz CT molecular complexity index is 135. The average molecular weight is 138 g/mol. The fraction of sp³-hybridized carbons (Fsp3) is 0.778. The van der Waals surface area contributed by atoms with E-state index in [9.17, 15) is 0 Å². The van der Waals surface area contributed by atoms with Gasteiger partial charge in [0.05, 0.1) is 6.61 Å². The summed E-state index contributed by atoms with van der Waals surface area (Å²) < 4.78 is 0. The van der Waals surface area contributed by atoms with E-state index in [1.165, 1.54) is 25.7 Å². The zero-order chi connectivity index (χ0) is 7.23. The summed E-state index contributed by atoms with van der Waals surface area (Å²) in [6, 6.07) is 0. The standard InChI is InChI=1S/C9H14O/c10-8-4-3-7-9-5-1-2-6-9/h9-10H,1-2,4-6,8H2. The molecule has 1 N–H and O–H groups in total. The highest BCUT2D eigenvalue weighted by Gasteiger charge is 2.10. The third-order valence-electron chi connectivity index (χ3n) is 1.90. The summed E-state index contributed by atoms with van der Waals surface area (Å²) in [7, 11) is 0. The summed E-state index contributed by atoms with van der Waals surface area (Å²) in [6.07, 6.45) is 5.89. The Morgan fingerprint density at radius 2 is 2.00 bits per heavy atom. The monoisotopic (exact) mass is 138 g/mol. The van der Waals surface area contributed by atoms with Crippen LogP contribution in [0.3, 0.4) is 0 Å². The highest BCUT2D eigenvalue weighted by molar-refractivity contribution is 5.04. The molecule has 56 valence electrons. The van der Waals surface area contributed by atoms with Crippen LogP contribution in [0.25, 0.3) is 0 Å². The molecule has 0 aromatic heterocycles. The lowest BCUT2D eigenvalue weighted by Gasteiger charge is -1.93. The summed E-state index contributed by atoms with van der Waals surface area (Å²) in [5.74, 6) is 6.79. The molecule has 0 aromatic rings. The van der Waals surface area contributed by atoms with Crippen molar-refractivity contribution in [2.75, 3.05) is 6.61 Å². The lowest BCUT2D eigenvalue weighted by Crippen LogP contribution is -1.86. The molecule has 0 heterocycles. The van der Waals surface area contributed by atoms with Crippen LogP contribution in [0.4, 0.5) is 0 Å². The van der Waals surface area contributed by atoms with Gasteiger partial charge in [0.25, 0.3) is 0 Å². The number of rotatable bonds is 1. The van der Waals surface area contributed by atoms with Gasteiger partial charge < -0.3 is 5.11 Å². The Hall–Kier alpha value is -0.480. The Morgan fingerprint density at radius 3 is 2.60 bits per heavy atom. The minimum Gasteiger partial charge on any atom is -0.395 e. The zero-order valence-electron chi connectivity index (χ0n) is 6.27. The minimum atomic E-state index is 0.208. The molecular weight excluding hydrogens is 124 g/mol. The van der Waals surface area contributed by atoms with Gasteiger partial charge in [0.15, 0.2) is 0 Å². The Balaban J connectivity index is 2.17. The number of hydrogen-bond acceptors (Lipinski definition) is 1. The Morgan fingerprint density at radius 1 is 1.30 bits per heavy atom. The van der Waals surface area contributed by atoms with E-state index in [2.05, 4.69) is 11.8 Å². The van der Waals surface area contributed by atoms with Gasteiger partial charge >= 0.3 is 0 Å². The highest BCUT2D eigenvalue weighted by Crippen LogP contribution is 2.23. The zero-order valence-corrected chi connectivity index (χ0v) is 6.27. The Labute approximate surface area is 62.4 Å². The second-order valence-corrected chi connectivity index (χ2v) is 2.78. The maximum atomic E-state index is 8.44. The van der Waals surface area contributed by atoms with Crippen molar-refractivity contribution in [2.45, 2.75) is 32.1 Å². The van der Waals surface area contributed by atoms with Crippen molar-refractivity contribution >= 4 is 0 Å². The van der Waals surface area contributed by atoms with Gasteiger partial charge in [-0.15, -0.1) is 5.92 Å². The van der Waals surface area contributed by atoms with Crippen molar-refractivity contribution in [3.63, 3.8) is 0 Å².